The van der Waals surface area contributed by atoms with E-state index < -0.39 is 23.7 Å². The average Bonchev–Trinajstić information content (AvgIpc) is 2.46. The Morgan fingerprint density at radius 2 is 1.88 bits per heavy atom. The van der Waals surface area contributed by atoms with Crippen LogP contribution in [0.15, 0.2) is 6.07 Å². The van der Waals surface area contributed by atoms with Crippen LogP contribution in [0.25, 0.3) is 0 Å². The van der Waals surface area contributed by atoms with Crippen LogP contribution in [0.5, 0.6) is 0 Å². The summed E-state index contributed by atoms with van der Waals surface area (Å²) in [5.41, 5.74) is -0.726. The molecule has 11 heteroatoms. The molecule has 0 aliphatic carbocycles. The quantitative estimate of drug-likeness (QED) is 0.847. The molecular formula is C13H16ClF3N4O3. The molecule has 24 heavy (non-hydrogen) atoms. The number of aromatic nitrogens is 2. The number of hydrogen-bond acceptors (Lipinski definition) is 5. The van der Waals surface area contributed by atoms with Crippen molar-refractivity contribution in [2.75, 3.05) is 18.4 Å². The fourth-order valence-corrected chi connectivity index (χ4v) is 2.31. The fourth-order valence-electron chi connectivity index (χ4n) is 2.31. The molecule has 134 valence electrons. The van der Waals surface area contributed by atoms with Crippen molar-refractivity contribution in [2.45, 2.75) is 32.0 Å². The third-order valence-electron chi connectivity index (χ3n) is 3.49. The van der Waals surface area contributed by atoms with Crippen LogP contribution in [0.4, 0.5) is 19.0 Å². The van der Waals surface area contributed by atoms with E-state index in [1.54, 1.807) is 4.90 Å². The van der Waals surface area contributed by atoms with Crippen LogP contribution >= 0.6 is 12.4 Å². The summed E-state index contributed by atoms with van der Waals surface area (Å²) in [5.74, 6) is -3.31. The number of carboxylic acids is 1. The molecule has 2 rings (SSSR count). The van der Waals surface area contributed by atoms with Gasteiger partial charge in [-0.15, -0.1) is 12.4 Å². The van der Waals surface area contributed by atoms with Gasteiger partial charge in [0.05, 0.1) is 0 Å². The second kappa shape index (κ2) is 7.65. The van der Waals surface area contributed by atoms with Crippen molar-refractivity contribution < 1.29 is 27.9 Å². The molecule has 0 radical (unpaired) electrons. The Morgan fingerprint density at radius 1 is 1.29 bits per heavy atom. The van der Waals surface area contributed by atoms with Crippen LogP contribution in [-0.2, 0) is 11.0 Å². The third-order valence-corrected chi connectivity index (χ3v) is 3.49. The van der Waals surface area contributed by atoms with Crippen molar-refractivity contribution in [1.82, 2.24) is 14.9 Å². The highest BCUT2D eigenvalue weighted by Crippen LogP contribution is 2.27. The SMILES string of the molecule is CC(=O)N1CCC(Nc2cc(C(=O)O)nc(C(F)(F)F)n2)CC1.Cl. The Balaban J connectivity index is 0.00000288. The van der Waals surface area contributed by atoms with Gasteiger partial charge in [0.1, 0.15) is 5.82 Å². The van der Waals surface area contributed by atoms with Gasteiger partial charge in [0.15, 0.2) is 5.69 Å². The van der Waals surface area contributed by atoms with Crippen LogP contribution in [0.3, 0.4) is 0 Å². The number of likely N-dealkylation sites (tertiary alicyclic amines) is 1. The zero-order valence-corrected chi connectivity index (χ0v) is 13.4. The summed E-state index contributed by atoms with van der Waals surface area (Å²) < 4.78 is 38.2. The van der Waals surface area contributed by atoms with Crippen molar-refractivity contribution in [1.29, 1.82) is 0 Å². The Hall–Kier alpha value is -2.10. The molecule has 1 saturated heterocycles. The molecule has 1 aliphatic heterocycles. The second-order valence-electron chi connectivity index (χ2n) is 5.19. The monoisotopic (exact) mass is 368 g/mol. The summed E-state index contributed by atoms with van der Waals surface area (Å²) >= 11 is 0. The minimum atomic E-state index is -4.83. The van der Waals surface area contributed by atoms with Gasteiger partial charge in [-0.05, 0) is 12.8 Å². The van der Waals surface area contributed by atoms with E-state index in [-0.39, 0.29) is 30.2 Å². The first kappa shape index (κ1) is 19.9. The molecule has 1 amide bonds. The molecule has 7 nitrogen and oxygen atoms in total. The molecule has 2 heterocycles. The molecule has 1 aliphatic rings. The van der Waals surface area contributed by atoms with Crippen molar-refractivity contribution in [2.24, 2.45) is 0 Å². The first-order chi connectivity index (χ1) is 10.7. The van der Waals surface area contributed by atoms with E-state index in [0.29, 0.717) is 25.9 Å². The fraction of sp³-hybridized carbons (Fsp3) is 0.538. The lowest BCUT2D eigenvalue weighted by atomic mass is 10.1. The van der Waals surface area contributed by atoms with E-state index in [0.717, 1.165) is 6.07 Å². The zero-order chi connectivity index (χ0) is 17.2. The number of rotatable bonds is 3. The van der Waals surface area contributed by atoms with Gasteiger partial charge in [-0.25, -0.2) is 14.8 Å². The van der Waals surface area contributed by atoms with Gasteiger partial charge in [-0.3, -0.25) is 4.79 Å². The predicted octanol–water partition coefficient (Wildman–Crippen LogP) is 2.04. The molecule has 0 bridgehead atoms. The number of piperidine rings is 1. The Labute approximate surface area is 141 Å². The third kappa shape index (κ3) is 4.95. The van der Waals surface area contributed by atoms with Gasteiger partial charge in [-0.1, -0.05) is 0 Å². The van der Waals surface area contributed by atoms with Gasteiger partial charge in [0, 0.05) is 32.1 Å². The Morgan fingerprint density at radius 3 is 2.33 bits per heavy atom. The summed E-state index contributed by atoms with van der Waals surface area (Å²) in [6.07, 6.45) is -3.76. The lowest BCUT2D eigenvalue weighted by Gasteiger charge is -2.32. The highest BCUT2D eigenvalue weighted by molar-refractivity contribution is 5.86. The van der Waals surface area contributed by atoms with Crippen LogP contribution in [0.1, 0.15) is 36.1 Å². The smallest absolute Gasteiger partial charge is 0.451 e. The standard InChI is InChI=1S/C13H15F3N4O3.ClH/c1-7(21)20-4-2-8(3-5-20)17-10-6-9(11(22)23)18-12(19-10)13(14,15)16;/h6,8H,2-5H2,1H3,(H,22,23)(H,17,18,19);1H. The van der Waals surface area contributed by atoms with Crippen LogP contribution in [0.2, 0.25) is 0 Å². The largest absolute Gasteiger partial charge is 0.477 e. The van der Waals surface area contributed by atoms with Crippen molar-refractivity contribution in [3.05, 3.63) is 17.6 Å². The number of nitrogens with one attached hydrogen (secondary N) is 1. The normalized spacial score (nSPS) is 15.6. The number of carbonyl (C=O) groups excluding carboxylic acids is 1. The van der Waals surface area contributed by atoms with E-state index in [4.69, 9.17) is 5.11 Å². The maximum absolute atomic E-state index is 12.7. The van der Waals surface area contributed by atoms with E-state index in [1.165, 1.54) is 6.92 Å². The number of nitrogens with zero attached hydrogens (tertiary/aromatic N) is 3. The van der Waals surface area contributed by atoms with Gasteiger partial charge in [0.2, 0.25) is 11.7 Å². The van der Waals surface area contributed by atoms with Gasteiger partial charge in [0.25, 0.3) is 0 Å². The van der Waals surface area contributed by atoms with Gasteiger partial charge in [-0.2, -0.15) is 13.2 Å². The first-order valence-electron chi connectivity index (χ1n) is 6.88. The number of halogens is 4. The predicted molar refractivity (Wildman–Crippen MR) is 80.1 cm³/mol. The molecule has 0 unspecified atom stereocenters. The number of carboxylic acid groups (broad SMARTS) is 1. The molecule has 0 saturated carbocycles. The van der Waals surface area contributed by atoms with E-state index >= 15 is 0 Å². The second-order valence-corrected chi connectivity index (χ2v) is 5.19. The zero-order valence-electron chi connectivity index (χ0n) is 12.6. The summed E-state index contributed by atoms with van der Waals surface area (Å²) in [5, 5.41) is 11.7. The highest BCUT2D eigenvalue weighted by atomic mass is 35.5. The number of aromatic carboxylic acids is 1. The average molecular weight is 369 g/mol. The number of carbonyl (C=O) groups is 2. The molecule has 0 spiro atoms. The van der Waals surface area contributed by atoms with E-state index in [1.807, 2.05) is 0 Å². The summed E-state index contributed by atoms with van der Waals surface area (Å²) in [6, 6.07) is 0.776. The summed E-state index contributed by atoms with van der Waals surface area (Å²) in [7, 11) is 0. The van der Waals surface area contributed by atoms with Crippen LogP contribution < -0.4 is 5.32 Å². The summed E-state index contributed by atoms with van der Waals surface area (Å²) in [6.45, 7) is 2.42. The molecule has 0 atom stereocenters. The van der Waals surface area contributed by atoms with E-state index in [9.17, 15) is 22.8 Å². The maximum Gasteiger partial charge on any atom is 0.451 e. The number of anilines is 1. The minimum Gasteiger partial charge on any atom is -0.477 e. The minimum absolute atomic E-state index is 0. The highest BCUT2D eigenvalue weighted by Gasteiger charge is 2.36. The molecular weight excluding hydrogens is 353 g/mol. The van der Waals surface area contributed by atoms with Crippen LogP contribution in [0, 0.1) is 0 Å². The van der Waals surface area contributed by atoms with Crippen molar-refractivity contribution in [3.63, 3.8) is 0 Å². The molecule has 1 fully saturated rings. The Kier molecular flexibility index (Phi) is 6.35. The van der Waals surface area contributed by atoms with Crippen molar-refractivity contribution >= 4 is 30.1 Å². The van der Waals surface area contributed by atoms with Gasteiger partial charge >= 0.3 is 12.1 Å². The first-order valence-corrected chi connectivity index (χ1v) is 6.88. The van der Waals surface area contributed by atoms with Gasteiger partial charge < -0.3 is 15.3 Å². The van der Waals surface area contributed by atoms with E-state index in [2.05, 4.69) is 15.3 Å². The molecule has 2 N–H and O–H groups in total. The molecule has 1 aromatic heterocycles. The van der Waals surface area contributed by atoms with Crippen molar-refractivity contribution in [3.8, 4) is 0 Å². The molecule has 1 aromatic rings. The Bertz CT molecular complexity index is 619. The lowest BCUT2D eigenvalue weighted by molar-refractivity contribution is -0.145. The summed E-state index contributed by atoms with van der Waals surface area (Å²) in [4.78, 5) is 30.1. The number of amides is 1. The topological polar surface area (TPSA) is 95.4 Å². The number of alkyl halides is 3. The molecule has 0 aromatic carbocycles. The van der Waals surface area contributed by atoms with Crippen LogP contribution in [-0.4, -0.2) is 51.0 Å². The number of hydrogen-bond donors (Lipinski definition) is 2. The maximum atomic E-state index is 12.7. The lowest BCUT2D eigenvalue weighted by Crippen LogP contribution is -2.41.